The summed E-state index contributed by atoms with van der Waals surface area (Å²) in [6.07, 6.45) is 4.01. The van der Waals surface area contributed by atoms with Crippen LogP contribution in [0.3, 0.4) is 0 Å². The largest absolute Gasteiger partial charge is 0.437 e. The molecule has 0 aliphatic heterocycles. The molecule has 0 heterocycles. The van der Waals surface area contributed by atoms with Crippen LogP contribution in [0, 0.1) is 0 Å². The SMILES string of the molecule is CO[Si](C)(C)O[Si](C)(C)O[Si](C)(C)O[Si](C)(C)CCCC1(CCC[Si](C)(C)O[Si](C)(C)O[Si](C)(C)O[Si](C)(C)O[Si](C)(C)C)c2cc(-c3ccc(-c4ccccc4)cc3)ccc2-c2ccc(-c3ccc(-c4ccccc4)cc3)cc21. The standard InChI is InChI=1S/C63H96O8Si9/c1-64-75(9,10)68-79(17,18)70-77(13,14)66-73(5,6)47-27-45-63(46-28-48-74(7,8)67-78(15,16)71-80(19,20)69-76(11,12)65-72(2,3)4)61-49-57(55-37-33-53(34-38-55)51-29-23-21-24-30-51)41-43-59(61)60-44-42-58(50-62(60)63)56-39-35-54(36-40-56)52-31-25-22-26-32-52/h21-26,29-44,49-50H,27-28,45-48H2,1-20H3. The molecule has 0 unspecified atom stereocenters. The summed E-state index contributed by atoms with van der Waals surface area (Å²) in [7, 11) is -19.7. The van der Waals surface area contributed by atoms with Gasteiger partial charge in [0.1, 0.15) is 0 Å². The third kappa shape index (κ3) is 17.8. The first-order chi connectivity index (χ1) is 37.0. The number of hydrogen-bond acceptors (Lipinski definition) is 8. The molecule has 7 rings (SSSR count). The van der Waals surface area contributed by atoms with Gasteiger partial charge in [0.05, 0.1) is 0 Å². The maximum Gasteiger partial charge on any atom is 0.322 e. The van der Waals surface area contributed by atoms with Crippen LogP contribution in [0.4, 0.5) is 0 Å². The van der Waals surface area contributed by atoms with Crippen LogP contribution in [-0.4, -0.2) is 83.4 Å². The molecule has 6 aromatic rings. The molecule has 0 bridgehead atoms. The lowest BCUT2D eigenvalue weighted by Gasteiger charge is -2.42. The monoisotopic (exact) mass is 1230 g/mol. The molecule has 1 aliphatic rings. The van der Waals surface area contributed by atoms with Gasteiger partial charge in [0.2, 0.25) is 0 Å². The van der Waals surface area contributed by atoms with E-state index in [9.17, 15) is 0 Å². The molecule has 432 valence electrons. The number of fused-ring (bicyclic) bond motifs is 3. The van der Waals surface area contributed by atoms with Crippen molar-refractivity contribution in [2.75, 3.05) is 7.11 Å². The molecule has 0 saturated carbocycles. The molecular weight excluding hydrogens is 1140 g/mol. The maximum atomic E-state index is 7.35. The van der Waals surface area contributed by atoms with Crippen LogP contribution in [0.2, 0.25) is 136 Å². The molecule has 0 N–H and O–H groups in total. The first kappa shape index (κ1) is 64.5. The van der Waals surface area contributed by atoms with E-state index in [0.717, 1.165) is 37.8 Å². The van der Waals surface area contributed by atoms with E-state index in [0.29, 0.717) is 0 Å². The Morgan fingerprint density at radius 2 is 0.575 bits per heavy atom. The van der Waals surface area contributed by atoms with Gasteiger partial charge in [-0.1, -0.05) is 146 Å². The quantitative estimate of drug-likeness (QED) is 0.0472. The van der Waals surface area contributed by atoms with E-state index in [1.807, 2.05) is 0 Å². The van der Waals surface area contributed by atoms with Gasteiger partial charge < -0.3 is 33.2 Å². The summed E-state index contributed by atoms with van der Waals surface area (Å²) in [4.78, 5) is 0. The fourth-order valence-corrected chi connectivity index (χ4v) is 54.2. The average molecular weight is 1230 g/mol. The summed E-state index contributed by atoms with van der Waals surface area (Å²) in [6, 6.07) is 56.3. The summed E-state index contributed by atoms with van der Waals surface area (Å²) in [5.74, 6) is 0. The molecular formula is C63H96O8Si9. The van der Waals surface area contributed by atoms with Crippen molar-refractivity contribution >= 4 is 76.3 Å². The Hall–Kier alpha value is -3.05. The molecule has 6 aromatic carbocycles. The Morgan fingerprint density at radius 3 is 0.900 bits per heavy atom. The molecule has 0 radical (unpaired) electrons. The molecule has 0 amide bonds. The van der Waals surface area contributed by atoms with Crippen molar-refractivity contribution in [3.8, 4) is 55.6 Å². The van der Waals surface area contributed by atoms with Crippen LogP contribution < -0.4 is 0 Å². The van der Waals surface area contributed by atoms with Gasteiger partial charge in [-0.3, -0.25) is 0 Å². The summed E-state index contributed by atoms with van der Waals surface area (Å²) in [5.41, 5.74) is 15.1. The normalized spacial score (nSPS) is 14.6. The van der Waals surface area contributed by atoms with Crippen LogP contribution in [-0.2, 0) is 38.6 Å². The van der Waals surface area contributed by atoms with E-state index in [4.69, 9.17) is 33.2 Å². The van der Waals surface area contributed by atoms with Crippen LogP contribution in [0.1, 0.15) is 36.8 Å². The van der Waals surface area contributed by atoms with Crippen LogP contribution in [0.5, 0.6) is 0 Å². The van der Waals surface area contributed by atoms with E-state index in [-0.39, 0.29) is 5.41 Å². The molecule has 0 atom stereocenters. The van der Waals surface area contributed by atoms with Gasteiger partial charge in [0, 0.05) is 12.5 Å². The Labute approximate surface area is 493 Å². The number of hydrogen-bond donors (Lipinski definition) is 0. The van der Waals surface area contributed by atoms with Gasteiger partial charge in [0.15, 0.2) is 25.0 Å². The first-order valence-electron chi connectivity index (χ1n) is 29.1. The zero-order valence-electron chi connectivity index (χ0n) is 52.4. The highest BCUT2D eigenvalue weighted by atomic mass is 28.5. The average Bonchev–Trinajstić information content (AvgIpc) is 3.59. The van der Waals surface area contributed by atoms with Crippen molar-refractivity contribution < 1.29 is 33.2 Å². The van der Waals surface area contributed by atoms with Gasteiger partial charge in [0.25, 0.3) is 0 Å². The summed E-state index contributed by atoms with van der Waals surface area (Å²) < 4.78 is 54.6. The Bertz CT molecular complexity index is 2880. The Kier molecular flexibility index (Phi) is 20.1. The summed E-state index contributed by atoms with van der Waals surface area (Å²) in [5, 5.41) is 0. The van der Waals surface area contributed by atoms with Crippen molar-refractivity contribution in [3.63, 3.8) is 0 Å². The van der Waals surface area contributed by atoms with Crippen molar-refractivity contribution in [2.45, 2.75) is 168 Å². The summed E-state index contributed by atoms with van der Waals surface area (Å²) >= 11 is 0. The van der Waals surface area contributed by atoms with Gasteiger partial charge in [-0.2, -0.15) is 0 Å². The van der Waals surface area contributed by atoms with Crippen molar-refractivity contribution in [1.29, 1.82) is 0 Å². The van der Waals surface area contributed by atoms with Crippen molar-refractivity contribution in [1.82, 2.24) is 0 Å². The fourth-order valence-electron chi connectivity index (χ4n) is 12.8. The third-order valence-electron chi connectivity index (χ3n) is 14.8. The van der Waals surface area contributed by atoms with Crippen LogP contribution in [0.25, 0.3) is 55.6 Å². The molecule has 1 aliphatic carbocycles. The van der Waals surface area contributed by atoms with Crippen LogP contribution in [0.15, 0.2) is 146 Å². The maximum absolute atomic E-state index is 7.35. The highest BCUT2D eigenvalue weighted by Gasteiger charge is 2.48. The van der Waals surface area contributed by atoms with Crippen molar-refractivity contribution in [3.05, 3.63) is 157 Å². The lowest BCUT2D eigenvalue weighted by Crippen LogP contribution is -2.58. The lowest BCUT2D eigenvalue weighted by atomic mass is 9.70. The molecule has 17 heteroatoms. The first-order valence-corrected chi connectivity index (χ1v) is 55.6. The van der Waals surface area contributed by atoms with E-state index in [2.05, 4.69) is 270 Å². The van der Waals surface area contributed by atoms with E-state index < -0.39 is 76.3 Å². The minimum Gasteiger partial charge on any atom is -0.437 e. The molecule has 80 heavy (non-hydrogen) atoms. The second-order valence-electron chi connectivity index (χ2n) is 27.1. The second kappa shape index (κ2) is 24.9. The van der Waals surface area contributed by atoms with Gasteiger partial charge in [-0.05, 0) is 228 Å². The molecule has 0 fully saturated rings. The number of benzene rings is 6. The minimum atomic E-state index is -2.63. The second-order valence-corrected chi connectivity index (χ2v) is 62.3. The highest BCUT2D eigenvalue weighted by Crippen LogP contribution is 2.56. The van der Waals surface area contributed by atoms with Gasteiger partial charge >= 0.3 is 51.4 Å². The molecule has 0 saturated heterocycles. The smallest absolute Gasteiger partial charge is 0.322 e. The Morgan fingerprint density at radius 1 is 0.300 bits per heavy atom. The lowest BCUT2D eigenvalue weighted by molar-refractivity contribution is 0.265. The number of rotatable bonds is 27. The Balaban J connectivity index is 1.26. The van der Waals surface area contributed by atoms with Crippen molar-refractivity contribution in [2.24, 2.45) is 0 Å². The zero-order chi connectivity index (χ0) is 58.8. The molecule has 0 spiro atoms. The fraction of sp³-hybridized carbons (Fsp3) is 0.429. The van der Waals surface area contributed by atoms with Gasteiger partial charge in [-0.25, -0.2) is 0 Å². The van der Waals surface area contributed by atoms with E-state index in [1.165, 1.54) is 66.8 Å². The van der Waals surface area contributed by atoms with Gasteiger partial charge in [-0.15, -0.1) is 0 Å². The summed E-state index contributed by atoms with van der Waals surface area (Å²) in [6.45, 7) is 42.3. The highest BCUT2D eigenvalue weighted by molar-refractivity contribution is 6.91. The van der Waals surface area contributed by atoms with E-state index in [1.54, 1.807) is 7.11 Å². The predicted molar refractivity (Wildman–Crippen MR) is 360 cm³/mol. The van der Waals surface area contributed by atoms with Crippen LogP contribution >= 0.6 is 0 Å². The minimum absolute atomic E-state index is 0.277. The topological polar surface area (TPSA) is 73.8 Å². The third-order valence-corrected chi connectivity index (χ3v) is 47.4. The van der Waals surface area contributed by atoms with E-state index >= 15 is 0 Å². The molecule has 8 nitrogen and oxygen atoms in total. The zero-order valence-corrected chi connectivity index (χ0v) is 61.4. The predicted octanol–water partition coefficient (Wildman–Crippen LogP) is 19.4. The molecule has 0 aromatic heterocycles.